The molecule has 0 atom stereocenters. The molecule has 0 aliphatic carbocycles. The van der Waals surface area contributed by atoms with Gasteiger partial charge in [0.15, 0.2) is 0 Å². The van der Waals surface area contributed by atoms with E-state index < -0.39 is 17.7 Å². The van der Waals surface area contributed by atoms with Gasteiger partial charge in [0.05, 0.1) is 18.2 Å². The lowest BCUT2D eigenvalue weighted by Gasteiger charge is -2.07. The van der Waals surface area contributed by atoms with E-state index in [9.17, 15) is 18.8 Å². The molecule has 1 aromatic heterocycles. The number of nitrogens with one attached hydrogen (secondary N) is 2. The highest BCUT2D eigenvalue weighted by Gasteiger charge is 2.14. The van der Waals surface area contributed by atoms with E-state index in [1.807, 2.05) is 0 Å². The Labute approximate surface area is 118 Å². The number of rotatable bonds is 3. The van der Waals surface area contributed by atoms with Gasteiger partial charge in [-0.25, -0.2) is 9.18 Å². The van der Waals surface area contributed by atoms with E-state index in [0.717, 1.165) is 13.2 Å². The van der Waals surface area contributed by atoms with E-state index in [2.05, 4.69) is 15.0 Å². The molecule has 0 aliphatic rings. The van der Waals surface area contributed by atoms with Crippen LogP contribution in [0.2, 0.25) is 0 Å². The summed E-state index contributed by atoms with van der Waals surface area (Å²) >= 11 is 0. The van der Waals surface area contributed by atoms with Crippen LogP contribution in [0, 0.1) is 5.82 Å². The van der Waals surface area contributed by atoms with Crippen LogP contribution in [0.3, 0.4) is 0 Å². The first-order valence-corrected chi connectivity index (χ1v) is 5.89. The normalized spacial score (nSPS) is 10.0. The lowest BCUT2D eigenvalue weighted by atomic mass is 10.1. The van der Waals surface area contributed by atoms with E-state index in [4.69, 9.17) is 0 Å². The molecule has 6 nitrogen and oxygen atoms in total. The monoisotopic (exact) mass is 290 g/mol. The van der Waals surface area contributed by atoms with Crippen molar-refractivity contribution in [2.75, 3.05) is 12.4 Å². The van der Waals surface area contributed by atoms with E-state index >= 15 is 0 Å². The number of halogens is 1. The van der Waals surface area contributed by atoms with Crippen LogP contribution in [0.1, 0.15) is 20.7 Å². The third-order valence-corrected chi connectivity index (χ3v) is 2.68. The number of aromatic amines is 1. The molecule has 108 valence electrons. The molecule has 0 fully saturated rings. The largest absolute Gasteiger partial charge is 0.465 e. The molecule has 0 unspecified atom stereocenters. The lowest BCUT2D eigenvalue weighted by Crippen LogP contribution is -2.15. The molecule has 0 spiro atoms. The first-order chi connectivity index (χ1) is 10.0. The first kappa shape index (κ1) is 14.4. The van der Waals surface area contributed by atoms with Crippen LogP contribution in [0.4, 0.5) is 10.1 Å². The molecule has 0 saturated carbocycles. The number of esters is 1. The summed E-state index contributed by atoms with van der Waals surface area (Å²) in [5, 5.41) is 2.49. The van der Waals surface area contributed by atoms with Crippen molar-refractivity contribution in [1.29, 1.82) is 0 Å². The number of amides is 1. The average molecular weight is 290 g/mol. The van der Waals surface area contributed by atoms with Gasteiger partial charge in [-0.15, -0.1) is 0 Å². The number of hydrogen-bond acceptors (Lipinski definition) is 4. The standard InChI is InChI=1S/C14H11FN2O4/c1-21-14(20)10-6-9(3-4-11(10)15)17-13(19)8-2-5-12(18)16-7-8/h2-7H,1H3,(H,16,18)(H,17,19). The van der Waals surface area contributed by atoms with Crippen LogP contribution in [-0.4, -0.2) is 24.0 Å². The zero-order valence-corrected chi connectivity index (χ0v) is 11.0. The summed E-state index contributed by atoms with van der Waals surface area (Å²) in [6.45, 7) is 0. The molecule has 1 aromatic carbocycles. The summed E-state index contributed by atoms with van der Waals surface area (Å²) in [6, 6.07) is 6.09. The second-order valence-corrected chi connectivity index (χ2v) is 4.08. The number of carbonyl (C=O) groups is 2. The maximum Gasteiger partial charge on any atom is 0.340 e. The van der Waals surface area contributed by atoms with Crippen LogP contribution >= 0.6 is 0 Å². The fraction of sp³-hybridized carbons (Fsp3) is 0.0714. The number of pyridine rings is 1. The molecule has 0 saturated heterocycles. The molecule has 1 heterocycles. The maximum atomic E-state index is 13.5. The Hall–Kier alpha value is -2.96. The molecule has 7 heteroatoms. The molecule has 21 heavy (non-hydrogen) atoms. The van der Waals surface area contributed by atoms with E-state index in [0.29, 0.717) is 0 Å². The SMILES string of the molecule is COC(=O)c1cc(NC(=O)c2ccc(=O)[nH]c2)ccc1F. The van der Waals surface area contributed by atoms with Gasteiger partial charge in [-0.05, 0) is 24.3 Å². The Morgan fingerprint density at radius 1 is 1.24 bits per heavy atom. The van der Waals surface area contributed by atoms with Crippen molar-refractivity contribution in [3.05, 3.63) is 63.8 Å². The molecule has 2 N–H and O–H groups in total. The number of carbonyl (C=O) groups excluding carboxylic acids is 2. The number of anilines is 1. The Bertz CT molecular complexity index is 734. The van der Waals surface area contributed by atoms with Gasteiger partial charge in [-0.2, -0.15) is 0 Å². The first-order valence-electron chi connectivity index (χ1n) is 5.89. The van der Waals surface area contributed by atoms with E-state index in [1.165, 1.54) is 30.5 Å². The number of aromatic nitrogens is 1. The van der Waals surface area contributed by atoms with Crippen molar-refractivity contribution in [3.63, 3.8) is 0 Å². The number of hydrogen-bond donors (Lipinski definition) is 2. The van der Waals surface area contributed by atoms with Gasteiger partial charge in [-0.1, -0.05) is 0 Å². The molecule has 0 radical (unpaired) electrons. The number of H-pyrrole nitrogens is 1. The topological polar surface area (TPSA) is 88.3 Å². The summed E-state index contributed by atoms with van der Waals surface area (Å²) < 4.78 is 17.9. The Morgan fingerprint density at radius 2 is 2.00 bits per heavy atom. The zero-order valence-electron chi connectivity index (χ0n) is 11.0. The van der Waals surface area contributed by atoms with Gasteiger partial charge in [0, 0.05) is 18.0 Å². The van der Waals surface area contributed by atoms with Crippen molar-refractivity contribution in [2.24, 2.45) is 0 Å². The number of methoxy groups -OCH3 is 1. The third-order valence-electron chi connectivity index (χ3n) is 2.68. The Balaban J connectivity index is 2.23. The summed E-state index contributed by atoms with van der Waals surface area (Å²) in [5.41, 5.74) is -0.162. The van der Waals surface area contributed by atoms with Gasteiger partial charge < -0.3 is 15.0 Å². The predicted molar refractivity (Wildman–Crippen MR) is 72.8 cm³/mol. The van der Waals surface area contributed by atoms with Gasteiger partial charge >= 0.3 is 5.97 Å². The minimum atomic E-state index is -0.840. The minimum Gasteiger partial charge on any atom is -0.465 e. The van der Waals surface area contributed by atoms with E-state index in [1.54, 1.807) is 0 Å². The lowest BCUT2D eigenvalue weighted by molar-refractivity contribution is 0.0595. The van der Waals surface area contributed by atoms with Gasteiger partial charge in [0.2, 0.25) is 5.56 Å². The average Bonchev–Trinajstić information content (AvgIpc) is 2.49. The second kappa shape index (κ2) is 6.00. The molecular weight excluding hydrogens is 279 g/mol. The maximum absolute atomic E-state index is 13.5. The number of benzene rings is 1. The van der Waals surface area contributed by atoms with E-state index in [-0.39, 0.29) is 22.4 Å². The fourth-order valence-corrected chi connectivity index (χ4v) is 1.62. The Morgan fingerprint density at radius 3 is 2.62 bits per heavy atom. The molecule has 0 aliphatic heterocycles. The van der Waals surface area contributed by atoms with Crippen LogP contribution in [0.15, 0.2) is 41.3 Å². The minimum absolute atomic E-state index is 0.221. The van der Waals surface area contributed by atoms with Crippen LogP contribution < -0.4 is 10.9 Å². The highest BCUT2D eigenvalue weighted by molar-refractivity contribution is 6.04. The van der Waals surface area contributed by atoms with Crippen LogP contribution in [-0.2, 0) is 4.74 Å². The van der Waals surface area contributed by atoms with Crippen molar-refractivity contribution in [1.82, 2.24) is 4.98 Å². The van der Waals surface area contributed by atoms with Crippen LogP contribution in [0.25, 0.3) is 0 Å². The fourth-order valence-electron chi connectivity index (χ4n) is 1.62. The zero-order chi connectivity index (χ0) is 15.4. The van der Waals surface area contributed by atoms with Gasteiger partial charge in [0.1, 0.15) is 5.82 Å². The van der Waals surface area contributed by atoms with Crippen molar-refractivity contribution < 1.29 is 18.7 Å². The second-order valence-electron chi connectivity index (χ2n) is 4.08. The highest BCUT2D eigenvalue weighted by atomic mass is 19.1. The number of ether oxygens (including phenoxy) is 1. The van der Waals surface area contributed by atoms with Gasteiger partial charge in [0.25, 0.3) is 5.91 Å². The summed E-state index contributed by atoms with van der Waals surface area (Å²) in [4.78, 5) is 36.6. The van der Waals surface area contributed by atoms with Crippen molar-refractivity contribution in [2.45, 2.75) is 0 Å². The van der Waals surface area contributed by atoms with Crippen molar-refractivity contribution >= 4 is 17.6 Å². The summed E-state index contributed by atoms with van der Waals surface area (Å²) in [6.07, 6.45) is 1.25. The highest BCUT2D eigenvalue weighted by Crippen LogP contribution is 2.16. The summed E-state index contributed by atoms with van der Waals surface area (Å²) in [5.74, 6) is -2.09. The van der Waals surface area contributed by atoms with Crippen molar-refractivity contribution in [3.8, 4) is 0 Å². The molecular formula is C14H11FN2O4. The van der Waals surface area contributed by atoms with Gasteiger partial charge in [-0.3, -0.25) is 9.59 Å². The summed E-state index contributed by atoms with van der Waals surface area (Å²) in [7, 11) is 1.13. The molecule has 2 rings (SSSR count). The third kappa shape index (κ3) is 3.33. The smallest absolute Gasteiger partial charge is 0.340 e. The quantitative estimate of drug-likeness (QED) is 0.839. The molecule has 2 aromatic rings. The molecule has 0 bridgehead atoms. The predicted octanol–water partition coefficient (Wildman–Crippen LogP) is 1.55. The van der Waals surface area contributed by atoms with Crippen LogP contribution in [0.5, 0.6) is 0 Å². The molecule has 1 amide bonds. The Kier molecular flexibility index (Phi) is 4.13.